The summed E-state index contributed by atoms with van der Waals surface area (Å²) < 4.78 is 38.7. The van der Waals surface area contributed by atoms with Gasteiger partial charge in [0.15, 0.2) is 5.69 Å². The third-order valence-electron chi connectivity index (χ3n) is 2.66. The Kier molecular flexibility index (Phi) is 2.80. The van der Waals surface area contributed by atoms with Crippen LogP contribution in [-0.2, 0) is 13.2 Å². The SMILES string of the molecule is Cc1cc(-c2cc(C(F)(F)F)nn2C)ccc1O. The van der Waals surface area contributed by atoms with Gasteiger partial charge in [0.2, 0.25) is 0 Å². The summed E-state index contributed by atoms with van der Waals surface area (Å²) >= 11 is 0. The van der Waals surface area contributed by atoms with Crippen LogP contribution in [0.4, 0.5) is 13.2 Å². The molecule has 2 aromatic rings. The Morgan fingerprint density at radius 2 is 1.89 bits per heavy atom. The molecule has 0 atom stereocenters. The fourth-order valence-electron chi connectivity index (χ4n) is 1.69. The van der Waals surface area contributed by atoms with Crippen molar-refractivity contribution in [1.82, 2.24) is 9.78 Å². The lowest BCUT2D eigenvalue weighted by molar-refractivity contribution is -0.141. The molecular weight excluding hydrogens is 245 g/mol. The van der Waals surface area contributed by atoms with E-state index < -0.39 is 11.9 Å². The van der Waals surface area contributed by atoms with E-state index in [1.807, 2.05) is 0 Å². The van der Waals surface area contributed by atoms with Crippen LogP contribution < -0.4 is 0 Å². The number of phenols is 1. The van der Waals surface area contributed by atoms with Crippen LogP contribution in [0, 0.1) is 6.92 Å². The van der Waals surface area contributed by atoms with Gasteiger partial charge >= 0.3 is 6.18 Å². The van der Waals surface area contributed by atoms with Gasteiger partial charge in [0.25, 0.3) is 0 Å². The average molecular weight is 256 g/mol. The van der Waals surface area contributed by atoms with E-state index in [1.54, 1.807) is 19.1 Å². The molecule has 1 aromatic carbocycles. The van der Waals surface area contributed by atoms with Crippen molar-refractivity contribution in [2.75, 3.05) is 0 Å². The predicted octanol–water partition coefficient (Wildman–Crippen LogP) is 3.12. The second kappa shape index (κ2) is 4.04. The maximum atomic E-state index is 12.5. The molecule has 0 radical (unpaired) electrons. The number of rotatable bonds is 1. The summed E-state index contributed by atoms with van der Waals surface area (Å²) in [4.78, 5) is 0. The number of phenolic OH excluding ortho intramolecular Hbond substituents is 1. The molecule has 1 N–H and O–H groups in total. The normalized spacial score (nSPS) is 11.8. The number of halogens is 3. The number of aromatic hydroxyl groups is 1. The van der Waals surface area contributed by atoms with Gasteiger partial charge in [-0.25, -0.2) is 0 Å². The summed E-state index contributed by atoms with van der Waals surface area (Å²) in [5.41, 5.74) is 0.606. The summed E-state index contributed by atoms with van der Waals surface area (Å²) in [6.45, 7) is 1.68. The van der Waals surface area contributed by atoms with E-state index >= 15 is 0 Å². The van der Waals surface area contributed by atoms with Gasteiger partial charge in [-0.15, -0.1) is 0 Å². The van der Waals surface area contributed by atoms with Gasteiger partial charge in [-0.3, -0.25) is 4.68 Å². The monoisotopic (exact) mass is 256 g/mol. The van der Waals surface area contributed by atoms with Crippen molar-refractivity contribution in [3.8, 4) is 17.0 Å². The largest absolute Gasteiger partial charge is 0.508 e. The number of aryl methyl sites for hydroxylation is 2. The zero-order valence-electron chi connectivity index (χ0n) is 9.78. The quantitative estimate of drug-likeness (QED) is 0.851. The van der Waals surface area contributed by atoms with E-state index in [0.29, 0.717) is 16.8 Å². The molecule has 0 aliphatic rings. The molecule has 1 heterocycles. The Morgan fingerprint density at radius 1 is 1.22 bits per heavy atom. The molecular formula is C12H11F3N2O. The lowest BCUT2D eigenvalue weighted by Gasteiger charge is -2.04. The van der Waals surface area contributed by atoms with Crippen molar-refractivity contribution >= 4 is 0 Å². The molecule has 3 nitrogen and oxygen atoms in total. The van der Waals surface area contributed by atoms with Gasteiger partial charge in [-0.2, -0.15) is 18.3 Å². The second-order valence-electron chi connectivity index (χ2n) is 4.04. The number of aromatic nitrogens is 2. The third kappa shape index (κ3) is 2.18. The summed E-state index contributed by atoms with van der Waals surface area (Å²) in [5, 5.41) is 12.8. The lowest BCUT2D eigenvalue weighted by atomic mass is 10.1. The van der Waals surface area contributed by atoms with E-state index in [2.05, 4.69) is 5.10 Å². The van der Waals surface area contributed by atoms with Gasteiger partial charge < -0.3 is 5.11 Å². The second-order valence-corrected chi connectivity index (χ2v) is 4.04. The molecule has 96 valence electrons. The highest BCUT2D eigenvalue weighted by molar-refractivity contribution is 5.62. The molecule has 0 fully saturated rings. The van der Waals surface area contributed by atoms with Crippen molar-refractivity contribution in [2.45, 2.75) is 13.1 Å². The first-order valence-electron chi connectivity index (χ1n) is 5.20. The summed E-state index contributed by atoms with van der Waals surface area (Å²) in [5.74, 6) is 0.108. The van der Waals surface area contributed by atoms with E-state index in [-0.39, 0.29) is 5.75 Å². The average Bonchev–Trinajstić information content (AvgIpc) is 2.64. The predicted molar refractivity (Wildman–Crippen MR) is 60.0 cm³/mol. The minimum absolute atomic E-state index is 0.108. The van der Waals surface area contributed by atoms with Crippen molar-refractivity contribution in [2.24, 2.45) is 7.05 Å². The van der Waals surface area contributed by atoms with E-state index in [9.17, 15) is 18.3 Å². The summed E-state index contributed by atoms with van der Waals surface area (Å²) in [7, 11) is 1.45. The molecule has 6 heteroatoms. The third-order valence-corrected chi connectivity index (χ3v) is 2.66. The van der Waals surface area contributed by atoms with Crippen molar-refractivity contribution in [3.63, 3.8) is 0 Å². The van der Waals surface area contributed by atoms with Crippen LogP contribution in [0.15, 0.2) is 24.3 Å². The van der Waals surface area contributed by atoms with E-state index in [0.717, 1.165) is 6.07 Å². The Labute approximate surface area is 101 Å². The Morgan fingerprint density at radius 3 is 2.39 bits per heavy atom. The Bertz CT molecular complexity index is 587. The minimum Gasteiger partial charge on any atom is -0.508 e. The van der Waals surface area contributed by atoms with Crippen LogP contribution in [0.1, 0.15) is 11.3 Å². The molecule has 0 unspecified atom stereocenters. The number of hydrogen-bond acceptors (Lipinski definition) is 2. The first-order chi connectivity index (χ1) is 8.29. The molecule has 1 aromatic heterocycles. The molecule has 0 saturated carbocycles. The number of benzene rings is 1. The van der Waals surface area contributed by atoms with Gasteiger partial charge in [0.05, 0.1) is 5.69 Å². The van der Waals surface area contributed by atoms with Crippen LogP contribution >= 0.6 is 0 Å². The summed E-state index contributed by atoms with van der Waals surface area (Å²) in [6, 6.07) is 5.61. The molecule has 0 spiro atoms. The van der Waals surface area contributed by atoms with Crippen LogP contribution in [0.2, 0.25) is 0 Å². The Hall–Kier alpha value is -1.98. The van der Waals surface area contributed by atoms with Crippen LogP contribution in [-0.4, -0.2) is 14.9 Å². The zero-order chi connectivity index (χ0) is 13.5. The first-order valence-corrected chi connectivity index (χ1v) is 5.20. The maximum absolute atomic E-state index is 12.5. The molecule has 18 heavy (non-hydrogen) atoms. The first kappa shape index (κ1) is 12.5. The molecule has 0 aliphatic carbocycles. The highest BCUT2D eigenvalue weighted by Crippen LogP contribution is 2.32. The van der Waals surface area contributed by atoms with Crippen molar-refractivity contribution < 1.29 is 18.3 Å². The molecule has 0 bridgehead atoms. The Balaban J connectivity index is 2.51. The zero-order valence-corrected chi connectivity index (χ0v) is 9.78. The number of hydrogen-bond donors (Lipinski definition) is 1. The van der Waals surface area contributed by atoms with E-state index in [1.165, 1.54) is 17.8 Å². The standard InChI is InChI=1S/C12H11F3N2O/c1-7-5-8(3-4-10(7)18)9-6-11(12(13,14)15)16-17(9)2/h3-6,18H,1-2H3. The lowest BCUT2D eigenvalue weighted by Crippen LogP contribution is -2.06. The maximum Gasteiger partial charge on any atom is 0.435 e. The summed E-state index contributed by atoms with van der Waals surface area (Å²) in [6.07, 6.45) is -4.46. The topological polar surface area (TPSA) is 38.0 Å². The van der Waals surface area contributed by atoms with Gasteiger partial charge in [0, 0.05) is 12.6 Å². The highest BCUT2D eigenvalue weighted by atomic mass is 19.4. The molecule has 0 aliphatic heterocycles. The van der Waals surface area contributed by atoms with E-state index in [4.69, 9.17) is 0 Å². The minimum atomic E-state index is -4.46. The van der Waals surface area contributed by atoms with Crippen molar-refractivity contribution in [1.29, 1.82) is 0 Å². The number of nitrogens with zero attached hydrogens (tertiary/aromatic N) is 2. The van der Waals surface area contributed by atoms with Crippen LogP contribution in [0.5, 0.6) is 5.75 Å². The van der Waals surface area contributed by atoms with Gasteiger partial charge in [0.1, 0.15) is 5.75 Å². The van der Waals surface area contributed by atoms with Gasteiger partial charge in [-0.05, 0) is 36.8 Å². The van der Waals surface area contributed by atoms with Crippen LogP contribution in [0.25, 0.3) is 11.3 Å². The number of alkyl halides is 3. The molecule has 2 rings (SSSR count). The fourth-order valence-corrected chi connectivity index (χ4v) is 1.69. The highest BCUT2D eigenvalue weighted by Gasteiger charge is 2.34. The fraction of sp³-hybridized carbons (Fsp3) is 0.250. The smallest absolute Gasteiger partial charge is 0.435 e. The van der Waals surface area contributed by atoms with Gasteiger partial charge in [-0.1, -0.05) is 0 Å². The molecule has 0 saturated heterocycles. The van der Waals surface area contributed by atoms with Crippen LogP contribution in [0.3, 0.4) is 0 Å². The molecule has 0 amide bonds. The van der Waals surface area contributed by atoms with Crippen molar-refractivity contribution in [3.05, 3.63) is 35.5 Å².